The standard InChI is InChI=1S/C23H24N2OS2/c1-24-28-22(26)27-18-17-25-23(19-11-5-2-6-12-19,20-13-7-3-8-14-20)21-15-9-4-10-16-21/h2-16,24-25H,17-18H2,1H3. The van der Waals surface area contributed by atoms with E-state index < -0.39 is 5.54 Å². The molecular formula is C23H24N2OS2. The summed E-state index contributed by atoms with van der Waals surface area (Å²) >= 11 is 2.45. The normalized spacial score (nSPS) is 11.3. The van der Waals surface area contributed by atoms with Crippen LogP contribution in [0.15, 0.2) is 91.0 Å². The first-order valence-electron chi connectivity index (χ1n) is 9.19. The van der Waals surface area contributed by atoms with E-state index in [1.54, 1.807) is 7.05 Å². The number of carbonyl (C=O) groups excluding carboxylic acids is 1. The molecular weight excluding hydrogens is 384 g/mol. The summed E-state index contributed by atoms with van der Waals surface area (Å²) in [5.41, 5.74) is 3.04. The number of thioether (sulfide) groups is 1. The van der Waals surface area contributed by atoms with Crippen molar-refractivity contribution in [2.24, 2.45) is 0 Å². The fourth-order valence-electron chi connectivity index (χ4n) is 3.36. The Morgan fingerprint density at radius 1 is 0.786 bits per heavy atom. The molecule has 0 unspecified atom stereocenters. The van der Waals surface area contributed by atoms with Crippen molar-refractivity contribution in [3.8, 4) is 0 Å². The summed E-state index contributed by atoms with van der Waals surface area (Å²) in [6.07, 6.45) is 0. The summed E-state index contributed by atoms with van der Waals surface area (Å²) in [7, 11) is 1.76. The van der Waals surface area contributed by atoms with Crippen LogP contribution in [0.5, 0.6) is 0 Å². The third kappa shape index (κ3) is 4.86. The molecule has 28 heavy (non-hydrogen) atoms. The predicted molar refractivity (Wildman–Crippen MR) is 122 cm³/mol. The molecule has 2 N–H and O–H groups in total. The molecule has 0 aliphatic rings. The van der Waals surface area contributed by atoms with Crippen molar-refractivity contribution >= 4 is 28.2 Å². The van der Waals surface area contributed by atoms with E-state index in [0.29, 0.717) is 12.3 Å². The zero-order valence-electron chi connectivity index (χ0n) is 15.8. The third-order valence-electron chi connectivity index (χ3n) is 4.52. The highest BCUT2D eigenvalue weighted by Gasteiger charge is 2.35. The van der Waals surface area contributed by atoms with Crippen LogP contribution in [0, 0.1) is 0 Å². The molecule has 0 atom stereocenters. The molecule has 3 aromatic carbocycles. The maximum atomic E-state index is 11.8. The van der Waals surface area contributed by atoms with E-state index in [-0.39, 0.29) is 4.45 Å². The minimum absolute atomic E-state index is 0.0778. The average molecular weight is 409 g/mol. The molecule has 3 rings (SSSR count). The molecule has 0 fully saturated rings. The van der Waals surface area contributed by atoms with Gasteiger partial charge >= 0.3 is 0 Å². The van der Waals surface area contributed by atoms with E-state index in [9.17, 15) is 4.79 Å². The number of nitrogens with one attached hydrogen (secondary N) is 2. The fraction of sp³-hybridized carbons (Fsp3) is 0.174. The van der Waals surface area contributed by atoms with Crippen molar-refractivity contribution < 1.29 is 4.79 Å². The van der Waals surface area contributed by atoms with Gasteiger partial charge in [0.25, 0.3) is 4.45 Å². The predicted octanol–water partition coefficient (Wildman–Crippen LogP) is 5.29. The number of hydrogen-bond acceptors (Lipinski definition) is 5. The quantitative estimate of drug-likeness (QED) is 0.301. The van der Waals surface area contributed by atoms with Crippen LogP contribution in [0.4, 0.5) is 4.79 Å². The van der Waals surface area contributed by atoms with Crippen LogP contribution in [0.1, 0.15) is 16.7 Å². The van der Waals surface area contributed by atoms with E-state index in [1.165, 1.54) is 28.5 Å². The monoisotopic (exact) mass is 408 g/mol. The molecule has 3 aromatic rings. The molecule has 5 heteroatoms. The number of benzene rings is 3. The molecule has 0 radical (unpaired) electrons. The largest absolute Gasteiger partial charge is 0.299 e. The number of rotatable bonds is 8. The molecule has 144 valence electrons. The lowest BCUT2D eigenvalue weighted by molar-refractivity contribution is 0.276. The van der Waals surface area contributed by atoms with Crippen molar-refractivity contribution in [3.63, 3.8) is 0 Å². The molecule has 0 bridgehead atoms. The van der Waals surface area contributed by atoms with Crippen LogP contribution in [0.2, 0.25) is 0 Å². The summed E-state index contributed by atoms with van der Waals surface area (Å²) in [5.74, 6) is 0.696. The lowest BCUT2D eigenvalue weighted by Crippen LogP contribution is -2.45. The molecule has 0 aromatic heterocycles. The molecule has 0 aliphatic heterocycles. The van der Waals surface area contributed by atoms with Crippen LogP contribution >= 0.6 is 23.7 Å². The van der Waals surface area contributed by atoms with Gasteiger partial charge in [-0.05, 0) is 23.7 Å². The topological polar surface area (TPSA) is 41.1 Å². The van der Waals surface area contributed by atoms with Gasteiger partial charge in [0.1, 0.15) is 0 Å². The Morgan fingerprint density at radius 3 is 1.61 bits per heavy atom. The Kier molecular flexibility index (Phi) is 7.74. The second-order valence-corrected chi connectivity index (χ2v) is 8.49. The minimum atomic E-state index is -0.483. The van der Waals surface area contributed by atoms with Gasteiger partial charge in [0.15, 0.2) is 0 Å². The van der Waals surface area contributed by atoms with Crippen LogP contribution in [-0.2, 0) is 5.54 Å². The summed E-state index contributed by atoms with van der Waals surface area (Å²) in [4.78, 5) is 11.8. The lowest BCUT2D eigenvalue weighted by atomic mass is 9.77. The SMILES string of the molecule is CNSC(=O)SCCNC(c1ccccc1)(c1ccccc1)c1ccccc1. The highest BCUT2D eigenvalue weighted by molar-refractivity contribution is 8.37. The number of hydrogen-bond donors (Lipinski definition) is 2. The first-order valence-corrected chi connectivity index (χ1v) is 11.0. The fourth-order valence-corrected chi connectivity index (χ4v) is 4.63. The molecule has 0 aliphatic carbocycles. The van der Waals surface area contributed by atoms with E-state index in [2.05, 4.69) is 82.8 Å². The Balaban J connectivity index is 1.98. The van der Waals surface area contributed by atoms with Crippen LogP contribution in [0.3, 0.4) is 0 Å². The Hall–Kier alpha value is -2.05. The van der Waals surface area contributed by atoms with Crippen LogP contribution in [0.25, 0.3) is 0 Å². The van der Waals surface area contributed by atoms with Gasteiger partial charge in [0.2, 0.25) is 0 Å². The summed E-state index contributed by atoms with van der Waals surface area (Å²) in [6.45, 7) is 0.694. The summed E-state index contributed by atoms with van der Waals surface area (Å²) in [6, 6.07) is 31.4. The molecule has 3 nitrogen and oxygen atoms in total. The first kappa shape index (κ1) is 20.7. The summed E-state index contributed by atoms with van der Waals surface area (Å²) < 4.78 is 2.91. The van der Waals surface area contributed by atoms with Gasteiger partial charge < -0.3 is 0 Å². The van der Waals surface area contributed by atoms with E-state index in [0.717, 1.165) is 11.9 Å². The van der Waals surface area contributed by atoms with Gasteiger partial charge in [-0.2, -0.15) is 0 Å². The maximum Gasteiger partial charge on any atom is 0.260 e. The third-order valence-corrected chi connectivity index (χ3v) is 6.14. The Labute approximate surface area is 175 Å². The Bertz CT molecular complexity index is 761. The van der Waals surface area contributed by atoms with Gasteiger partial charge in [-0.15, -0.1) is 0 Å². The van der Waals surface area contributed by atoms with Gasteiger partial charge in [-0.1, -0.05) is 103 Å². The van der Waals surface area contributed by atoms with E-state index >= 15 is 0 Å². The second-order valence-electron chi connectivity index (χ2n) is 6.18. The molecule has 0 saturated carbocycles. The van der Waals surface area contributed by atoms with Crippen molar-refractivity contribution in [2.75, 3.05) is 19.3 Å². The Morgan fingerprint density at radius 2 is 1.21 bits per heavy atom. The molecule has 0 amide bonds. The van der Waals surface area contributed by atoms with E-state index in [4.69, 9.17) is 0 Å². The minimum Gasteiger partial charge on any atom is -0.299 e. The van der Waals surface area contributed by atoms with Gasteiger partial charge in [0, 0.05) is 24.2 Å². The van der Waals surface area contributed by atoms with E-state index in [1.807, 2.05) is 18.2 Å². The van der Waals surface area contributed by atoms with Gasteiger partial charge in [-0.25, -0.2) is 0 Å². The maximum absolute atomic E-state index is 11.8. The smallest absolute Gasteiger partial charge is 0.260 e. The van der Waals surface area contributed by atoms with Crippen LogP contribution in [-0.4, -0.2) is 23.8 Å². The van der Waals surface area contributed by atoms with Crippen molar-refractivity contribution in [1.29, 1.82) is 0 Å². The number of carbonyl (C=O) groups is 1. The molecule has 0 spiro atoms. The lowest BCUT2D eigenvalue weighted by Gasteiger charge is -2.37. The summed E-state index contributed by atoms with van der Waals surface area (Å²) in [5, 5.41) is 3.78. The first-order chi connectivity index (χ1) is 13.8. The zero-order valence-corrected chi connectivity index (χ0v) is 17.4. The molecule has 0 heterocycles. The van der Waals surface area contributed by atoms with Crippen LogP contribution < -0.4 is 10.0 Å². The van der Waals surface area contributed by atoms with Crippen molar-refractivity contribution in [3.05, 3.63) is 108 Å². The van der Waals surface area contributed by atoms with Crippen molar-refractivity contribution in [2.45, 2.75) is 5.54 Å². The highest BCUT2D eigenvalue weighted by atomic mass is 32.2. The highest BCUT2D eigenvalue weighted by Crippen LogP contribution is 2.36. The van der Waals surface area contributed by atoms with Gasteiger partial charge in [-0.3, -0.25) is 14.8 Å². The van der Waals surface area contributed by atoms with Gasteiger partial charge in [0.05, 0.1) is 5.54 Å². The zero-order chi connectivity index (χ0) is 19.7. The second kappa shape index (κ2) is 10.5. The van der Waals surface area contributed by atoms with Crippen molar-refractivity contribution in [1.82, 2.24) is 10.0 Å². The molecule has 0 saturated heterocycles. The average Bonchev–Trinajstić information content (AvgIpc) is 2.76.